The van der Waals surface area contributed by atoms with Crippen LogP contribution >= 0.6 is 27.5 Å². The van der Waals surface area contributed by atoms with Gasteiger partial charge in [-0.3, -0.25) is 4.79 Å². The summed E-state index contributed by atoms with van der Waals surface area (Å²) < 4.78 is 2.91. The Balaban J connectivity index is 1.81. The maximum Gasteiger partial charge on any atom is 0.271 e. The van der Waals surface area contributed by atoms with Crippen LogP contribution in [-0.2, 0) is 0 Å². The molecule has 0 radical (unpaired) electrons. The summed E-state index contributed by atoms with van der Waals surface area (Å²) in [7, 11) is 0. The van der Waals surface area contributed by atoms with Gasteiger partial charge in [-0.15, -0.1) is 0 Å². The molecule has 1 aromatic heterocycles. The minimum atomic E-state index is -0.262. The van der Waals surface area contributed by atoms with Gasteiger partial charge in [-0.05, 0) is 50.2 Å². The normalized spacial score (nSPS) is 11.1. The van der Waals surface area contributed by atoms with Crippen molar-refractivity contribution in [2.75, 3.05) is 0 Å². The fraction of sp³-hybridized carbons (Fsp3) is 0.100. The minimum absolute atomic E-state index is 0.262. The lowest BCUT2D eigenvalue weighted by Gasteiger charge is -2.11. The number of hydrazone groups is 1. The van der Waals surface area contributed by atoms with Crippen molar-refractivity contribution in [2.45, 2.75) is 13.8 Å². The molecule has 3 aromatic rings. The van der Waals surface area contributed by atoms with Gasteiger partial charge in [0.15, 0.2) is 0 Å². The van der Waals surface area contributed by atoms with Gasteiger partial charge < -0.3 is 4.57 Å². The largest absolute Gasteiger partial charge is 0.316 e. The number of carbonyl (C=O) groups is 1. The highest BCUT2D eigenvalue weighted by molar-refractivity contribution is 9.10. The van der Waals surface area contributed by atoms with Gasteiger partial charge >= 0.3 is 0 Å². The van der Waals surface area contributed by atoms with Crippen molar-refractivity contribution in [3.63, 3.8) is 0 Å². The van der Waals surface area contributed by atoms with Crippen LogP contribution in [0.2, 0.25) is 5.02 Å². The number of rotatable bonds is 4. The SMILES string of the molecule is Cc1cc(/C=N\NC(=O)c2cccc(Br)c2)c(C)n1-c1ccccc1Cl. The van der Waals surface area contributed by atoms with Crippen molar-refractivity contribution in [3.8, 4) is 5.69 Å². The van der Waals surface area contributed by atoms with E-state index >= 15 is 0 Å². The molecule has 1 heterocycles. The molecular formula is C20H17BrClN3O. The third-order valence-corrected chi connectivity index (χ3v) is 4.83. The highest BCUT2D eigenvalue weighted by Crippen LogP contribution is 2.25. The number of nitrogens with one attached hydrogen (secondary N) is 1. The first-order chi connectivity index (χ1) is 12.5. The number of halogens is 2. The van der Waals surface area contributed by atoms with Crippen LogP contribution in [0.1, 0.15) is 27.3 Å². The van der Waals surface area contributed by atoms with E-state index < -0.39 is 0 Å². The van der Waals surface area contributed by atoms with E-state index in [-0.39, 0.29) is 5.91 Å². The monoisotopic (exact) mass is 429 g/mol. The van der Waals surface area contributed by atoms with E-state index in [9.17, 15) is 4.79 Å². The summed E-state index contributed by atoms with van der Waals surface area (Å²) in [5.41, 5.74) is 6.96. The maximum atomic E-state index is 12.1. The zero-order valence-corrected chi connectivity index (χ0v) is 16.7. The van der Waals surface area contributed by atoms with E-state index in [1.165, 1.54) is 0 Å². The van der Waals surface area contributed by atoms with E-state index in [0.717, 1.165) is 27.1 Å². The van der Waals surface area contributed by atoms with Crippen LogP contribution < -0.4 is 5.43 Å². The molecule has 1 amide bonds. The molecule has 2 aromatic carbocycles. The number of aryl methyl sites for hydroxylation is 1. The van der Waals surface area contributed by atoms with Gasteiger partial charge in [0.1, 0.15) is 0 Å². The molecule has 132 valence electrons. The second kappa shape index (κ2) is 7.89. The van der Waals surface area contributed by atoms with Gasteiger partial charge in [-0.25, -0.2) is 5.43 Å². The Hall–Kier alpha value is -2.37. The predicted molar refractivity (Wildman–Crippen MR) is 109 cm³/mol. The molecule has 0 aliphatic rings. The Bertz CT molecular complexity index is 994. The lowest BCUT2D eigenvalue weighted by atomic mass is 10.2. The first-order valence-corrected chi connectivity index (χ1v) is 9.17. The molecule has 0 aliphatic carbocycles. The highest BCUT2D eigenvalue weighted by atomic mass is 79.9. The first kappa shape index (κ1) is 18.4. The van der Waals surface area contributed by atoms with Crippen LogP contribution in [0, 0.1) is 13.8 Å². The minimum Gasteiger partial charge on any atom is -0.316 e. The number of carbonyl (C=O) groups excluding carboxylic acids is 1. The number of nitrogens with zero attached hydrogens (tertiary/aromatic N) is 2. The fourth-order valence-corrected chi connectivity index (χ4v) is 3.40. The zero-order chi connectivity index (χ0) is 18.7. The molecule has 1 N–H and O–H groups in total. The van der Waals surface area contributed by atoms with Crippen molar-refractivity contribution in [2.24, 2.45) is 5.10 Å². The van der Waals surface area contributed by atoms with Crippen LogP contribution in [0.15, 0.2) is 64.2 Å². The number of hydrogen-bond acceptors (Lipinski definition) is 2. The lowest BCUT2D eigenvalue weighted by molar-refractivity contribution is 0.0955. The van der Waals surface area contributed by atoms with Crippen molar-refractivity contribution in [1.29, 1.82) is 0 Å². The Morgan fingerprint density at radius 3 is 2.65 bits per heavy atom. The number of benzene rings is 2. The van der Waals surface area contributed by atoms with Crippen molar-refractivity contribution < 1.29 is 4.79 Å². The topological polar surface area (TPSA) is 46.4 Å². The van der Waals surface area contributed by atoms with Crippen molar-refractivity contribution in [3.05, 3.63) is 86.6 Å². The standard InChI is InChI=1S/C20H17BrClN3O/c1-13-10-16(14(2)25(13)19-9-4-3-8-18(19)22)12-23-24-20(26)15-6-5-7-17(21)11-15/h3-12H,1-2H3,(H,24,26)/b23-12-. The van der Waals surface area contributed by atoms with Gasteiger partial charge in [0.25, 0.3) is 5.91 Å². The number of hydrogen-bond donors (Lipinski definition) is 1. The Labute approximate surface area is 165 Å². The Kier molecular flexibility index (Phi) is 5.59. The van der Waals surface area contributed by atoms with Crippen LogP contribution in [0.5, 0.6) is 0 Å². The quantitative estimate of drug-likeness (QED) is 0.444. The van der Waals surface area contributed by atoms with Crippen LogP contribution in [-0.4, -0.2) is 16.7 Å². The van der Waals surface area contributed by atoms with Crippen molar-refractivity contribution in [1.82, 2.24) is 9.99 Å². The molecule has 4 nitrogen and oxygen atoms in total. The van der Waals surface area contributed by atoms with Crippen LogP contribution in [0.25, 0.3) is 5.69 Å². The van der Waals surface area contributed by atoms with E-state index in [1.54, 1.807) is 24.4 Å². The van der Waals surface area contributed by atoms with Crippen LogP contribution in [0.3, 0.4) is 0 Å². The molecule has 26 heavy (non-hydrogen) atoms. The third kappa shape index (κ3) is 3.89. The molecule has 0 saturated heterocycles. The summed E-state index contributed by atoms with van der Waals surface area (Å²) in [5, 5.41) is 4.77. The Morgan fingerprint density at radius 1 is 1.15 bits per heavy atom. The average Bonchev–Trinajstić information content (AvgIpc) is 2.89. The number of para-hydroxylation sites is 1. The third-order valence-electron chi connectivity index (χ3n) is 4.02. The van der Waals surface area contributed by atoms with Gasteiger partial charge in [-0.2, -0.15) is 5.10 Å². The van der Waals surface area contributed by atoms with E-state index in [2.05, 4.69) is 31.0 Å². The van der Waals surface area contributed by atoms with E-state index in [1.807, 2.05) is 50.2 Å². The van der Waals surface area contributed by atoms with Gasteiger partial charge in [0, 0.05) is 27.0 Å². The number of amides is 1. The highest BCUT2D eigenvalue weighted by Gasteiger charge is 2.12. The second-order valence-corrected chi connectivity index (χ2v) is 7.15. The molecule has 0 fully saturated rings. The maximum absolute atomic E-state index is 12.1. The molecule has 0 aliphatic heterocycles. The summed E-state index contributed by atoms with van der Waals surface area (Å²) in [6, 6.07) is 16.8. The second-order valence-electron chi connectivity index (χ2n) is 5.82. The molecule has 0 atom stereocenters. The summed E-state index contributed by atoms with van der Waals surface area (Å²) in [6.45, 7) is 4.00. The first-order valence-electron chi connectivity index (χ1n) is 8.00. The summed E-state index contributed by atoms with van der Waals surface area (Å²) in [6.07, 6.45) is 1.64. The van der Waals surface area contributed by atoms with E-state index in [0.29, 0.717) is 10.6 Å². The molecule has 0 unspecified atom stereocenters. The summed E-state index contributed by atoms with van der Waals surface area (Å²) in [5.74, 6) is -0.262. The smallest absolute Gasteiger partial charge is 0.271 e. The molecular weight excluding hydrogens is 414 g/mol. The molecule has 0 spiro atoms. The average molecular weight is 431 g/mol. The summed E-state index contributed by atoms with van der Waals surface area (Å²) in [4.78, 5) is 12.1. The number of aromatic nitrogens is 1. The van der Waals surface area contributed by atoms with E-state index in [4.69, 9.17) is 11.6 Å². The van der Waals surface area contributed by atoms with Crippen LogP contribution in [0.4, 0.5) is 0 Å². The zero-order valence-electron chi connectivity index (χ0n) is 14.3. The Morgan fingerprint density at radius 2 is 1.92 bits per heavy atom. The molecule has 0 bridgehead atoms. The lowest BCUT2D eigenvalue weighted by Crippen LogP contribution is -2.17. The van der Waals surface area contributed by atoms with Gasteiger partial charge in [-0.1, -0.05) is 45.7 Å². The van der Waals surface area contributed by atoms with Gasteiger partial charge in [0.05, 0.1) is 16.9 Å². The molecule has 0 saturated carbocycles. The van der Waals surface area contributed by atoms with Crippen molar-refractivity contribution >= 4 is 39.7 Å². The predicted octanol–water partition coefficient (Wildman–Crippen LogP) is 5.27. The molecule has 6 heteroatoms. The summed E-state index contributed by atoms with van der Waals surface area (Å²) >= 11 is 9.67. The fourth-order valence-electron chi connectivity index (χ4n) is 2.78. The van der Waals surface area contributed by atoms with Gasteiger partial charge in [0.2, 0.25) is 0 Å². The molecule has 3 rings (SSSR count).